The summed E-state index contributed by atoms with van der Waals surface area (Å²) in [6, 6.07) is 11.7. The molecule has 1 aliphatic heterocycles. The zero-order valence-corrected chi connectivity index (χ0v) is 15.3. The number of rotatable bonds is 8. The van der Waals surface area contributed by atoms with Crippen molar-refractivity contribution in [2.24, 2.45) is 5.92 Å². The molecule has 1 nitrogen and oxygen atoms in total. The van der Waals surface area contributed by atoms with Crippen LogP contribution in [0.25, 0.3) is 0 Å². The smallest absolute Gasteiger partial charge is 0.119 e. The van der Waals surface area contributed by atoms with Gasteiger partial charge in [0.05, 0.1) is 15.4 Å². The Hall–Kier alpha value is -1.02. The Balaban J connectivity index is 1.68. The van der Waals surface area contributed by atoms with Crippen molar-refractivity contribution < 1.29 is 4.74 Å². The molecular formula is C20H31OSi. The van der Waals surface area contributed by atoms with Gasteiger partial charge < -0.3 is 4.74 Å². The second-order valence-corrected chi connectivity index (χ2v) is 9.06. The zero-order valence-electron chi connectivity index (χ0n) is 14.3. The van der Waals surface area contributed by atoms with Crippen molar-refractivity contribution in [3.8, 4) is 5.75 Å². The molecule has 1 aromatic rings. The minimum absolute atomic E-state index is 0.144. The number of hydrogen-bond acceptors (Lipinski definition) is 1. The average Bonchev–Trinajstić information content (AvgIpc) is 2.56. The van der Waals surface area contributed by atoms with Gasteiger partial charge in [0.15, 0.2) is 0 Å². The van der Waals surface area contributed by atoms with Crippen LogP contribution in [0.2, 0.25) is 12.1 Å². The fourth-order valence-corrected chi connectivity index (χ4v) is 5.85. The highest BCUT2D eigenvalue weighted by Crippen LogP contribution is 2.29. The monoisotopic (exact) mass is 315 g/mol. The number of aryl methyl sites for hydroxylation is 1. The van der Waals surface area contributed by atoms with Gasteiger partial charge in [0.1, 0.15) is 5.75 Å². The van der Waals surface area contributed by atoms with E-state index in [4.69, 9.17) is 4.74 Å². The molecule has 1 aliphatic rings. The third kappa shape index (κ3) is 6.00. The highest BCUT2D eigenvalue weighted by Gasteiger charge is 2.20. The Morgan fingerprint density at radius 1 is 1.14 bits per heavy atom. The third-order valence-electron chi connectivity index (χ3n) is 4.63. The van der Waals surface area contributed by atoms with Crippen LogP contribution in [-0.4, -0.2) is 15.4 Å². The van der Waals surface area contributed by atoms with Crippen molar-refractivity contribution >= 4 is 8.80 Å². The fourth-order valence-electron chi connectivity index (χ4n) is 3.21. The molecular weight excluding hydrogens is 284 g/mol. The highest BCUT2D eigenvalue weighted by molar-refractivity contribution is 6.64. The van der Waals surface area contributed by atoms with Gasteiger partial charge in [0, 0.05) is 0 Å². The predicted octanol–water partition coefficient (Wildman–Crippen LogP) is 5.82. The SMILES string of the molecule is CCC/C=C/[Si]1CCC(CCc2ccc(OCC)cc2)CC1. The summed E-state index contributed by atoms with van der Waals surface area (Å²) in [5, 5.41) is 0. The molecule has 0 amide bonds. The van der Waals surface area contributed by atoms with Gasteiger partial charge in [-0.1, -0.05) is 56.5 Å². The minimum atomic E-state index is -0.144. The number of benzene rings is 1. The van der Waals surface area contributed by atoms with Crippen LogP contribution < -0.4 is 4.74 Å². The lowest BCUT2D eigenvalue weighted by molar-refractivity contribution is 0.340. The molecule has 0 aliphatic carbocycles. The summed E-state index contributed by atoms with van der Waals surface area (Å²) in [5.74, 6) is 1.95. The lowest BCUT2D eigenvalue weighted by Gasteiger charge is -2.25. The lowest BCUT2D eigenvalue weighted by Crippen LogP contribution is -2.20. The van der Waals surface area contributed by atoms with E-state index in [9.17, 15) is 0 Å². The maximum absolute atomic E-state index is 5.50. The number of hydrogen-bond donors (Lipinski definition) is 0. The van der Waals surface area contributed by atoms with E-state index in [0.29, 0.717) is 0 Å². The van der Waals surface area contributed by atoms with Gasteiger partial charge in [-0.25, -0.2) is 0 Å². The van der Waals surface area contributed by atoms with Crippen LogP contribution in [0.15, 0.2) is 36.0 Å². The number of unbranched alkanes of at least 4 members (excludes halogenated alkanes) is 1. The molecule has 1 fully saturated rings. The highest BCUT2D eigenvalue weighted by atomic mass is 28.3. The first kappa shape index (κ1) is 17.3. The second-order valence-electron chi connectivity index (χ2n) is 6.41. The number of allylic oxidation sites excluding steroid dienone is 1. The van der Waals surface area contributed by atoms with Crippen molar-refractivity contribution in [1.29, 1.82) is 0 Å². The van der Waals surface area contributed by atoms with Gasteiger partial charge in [-0.2, -0.15) is 0 Å². The zero-order chi connectivity index (χ0) is 15.6. The van der Waals surface area contributed by atoms with Crippen molar-refractivity contribution in [1.82, 2.24) is 0 Å². The van der Waals surface area contributed by atoms with Gasteiger partial charge in [-0.3, -0.25) is 0 Å². The third-order valence-corrected chi connectivity index (χ3v) is 7.20. The summed E-state index contributed by atoms with van der Waals surface area (Å²) in [4.78, 5) is 0. The summed E-state index contributed by atoms with van der Waals surface area (Å²) in [5.41, 5.74) is 4.04. The quantitative estimate of drug-likeness (QED) is 0.549. The second kappa shape index (κ2) is 9.89. The Bertz CT molecular complexity index is 430. The summed E-state index contributed by atoms with van der Waals surface area (Å²) in [6.45, 7) is 5.04. The molecule has 0 spiro atoms. The maximum atomic E-state index is 5.50. The van der Waals surface area contributed by atoms with E-state index < -0.39 is 0 Å². The summed E-state index contributed by atoms with van der Waals surface area (Å²) < 4.78 is 5.50. The van der Waals surface area contributed by atoms with Crippen LogP contribution in [0, 0.1) is 5.92 Å². The van der Waals surface area contributed by atoms with Gasteiger partial charge in [-0.15, -0.1) is 5.70 Å². The predicted molar refractivity (Wildman–Crippen MR) is 98.1 cm³/mol. The van der Waals surface area contributed by atoms with Gasteiger partial charge >= 0.3 is 0 Å². The normalized spacial score (nSPS) is 17.2. The topological polar surface area (TPSA) is 9.23 Å². The van der Waals surface area contributed by atoms with Crippen molar-refractivity contribution in [2.45, 2.75) is 64.5 Å². The first-order chi connectivity index (χ1) is 10.8. The molecule has 1 aromatic carbocycles. The van der Waals surface area contributed by atoms with Crippen LogP contribution in [0.5, 0.6) is 5.75 Å². The molecule has 0 bridgehead atoms. The van der Waals surface area contributed by atoms with Gasteiger partial charge in [0.25, 0.3) is 0 Å². The Kier molecular flexibility index (Phi) is 7.79. The molecule has 0 saturated carbocycles. The molecule has 121 valence electrons. The van der Waals surface area contributed by atoms with E-state index in [1.165, 1.54) is 56.2 Å². The molecule has 1 radical (unpaired) electrons. The van der Waals surface area contributed by atoms with E-state index in [-0.39, 0.29) is 8.80 Å². The molecule has 0 unspecified atom stereocenters. The maximum Gasteiger partial charge on any atom is 0.119 e. The van der Waals surface area contributed by atoms with Crippen LogP contribution in [0.1, 0.15) is 51.5 Å². The van der Waals surface area contributed by atoms with Crippen molar-refractivity contribution in [2.75, 3.05) is 6.61 Å². The van der Waals surface area contributed by atoms with Crippen LogP contribution in [0.4, 0.5) is 0 Å². The number of ether oxygens (including phenoxy) is 1. The largest absolute Gasteiger partial charge is 0.494 e. The molecule has 0 atom stereocenters. The molecule has 22 heavy (non-hydrogen) atoms. The molecule has 0 aromatic heterocycles. The molecule has 2 rings (SSSR count). The Morgan fingerprint density at radius 2 is 1.86 bits per heavy atom. The Morgan fingerprint density at radius 3 is 2.50 bits per heavy atom. The van der Waals surface area contributed by atoms with Crippen LogP contribution in [0.3, 0.4) is 0 Å². The average molecular weight is 316 g/mol. The van der Waals surface area contributed by atoms with E-state index in [0.717, 1.165) is 18.3 Å². The summed E-state index contributed by atoms with van der Waals surface area (Å²) >= 11 is 0. The van der Waals surface area contributed by atoms with E-state index in [1.807, 2.05) is 6.92 Å². The van der Waals surface area contributed by atoms with E-state index in [1.54, 1.807) is 0 Å². The Labute approximate surface area is 138 Å². The van der Waals surface area contributed by atoms with Gasteiger partial charge in [0.2, 0.25) is 0 Å². The summed E-state index contributed by atoms with van der Waals surface area (Å²) in [7, 11) is -0.144. The standard InChI is InChI=1S/C20H31OSi/c1-3-5-6-15-22-16-13-19(14-17-22)8-7-18-9-11-20(12-10-18)21-4-2/h6,9-12,15,19H,3-5,7-8,13-14,16-17H2,1-2H3/b15-6+. The van der Waals surface area contributed by atoms with Gasteiger partial charge in [-0.05, 0) is 49.8 Å². The molecule has 1 saturated heterocycles. The first-order valence-corrected chi connectivity index (χ1v) is 11.0. The van der Waals surface area contributed by atoms with E-state index in [2.05, 4.69) is 43.0 Å². The first-order valence-electron chi connectivity index (χ1n) is 9.04. The lowest BCUT2D eigenvalue weighted by atomic mass is 9.94. The molecule has 1 heterocycles. The van der Waals surface area contributed by atoms with Crippen LogP contribution >= 0.6 is 0 Å². The summed E-state index contributed by atoms with van der Waals surface area (Å²) in [6.07, 6.45) is 10.5. The fraction of sp³-hybridized carbons (Fsp3) is 0.600. The molecule has 0 N–H and O–H groups in total. The molecule has 2 heteroatoms. The minimum Gasteiger partial charge on any atom is -0.494 e. The van der Waals surface area contributed by atoms with Crippen molar-refractivity contribution in [3.63, 3.8) is 0 Å². The van der Waals surface area contributed by atoms with Crippen LogP contribution in [-0.2, 0) is 6.42 Å². The van der Waals surface area contributed by atoms with E-state index >= 15 is 0 Å². The van der Waals surface area contributed by atoms with Crippen molar-refractivity contribution in [3.05, 3.63) is 41.6 Å².